The van der Waals surface area contributed by atoms with Gasteiger partial charge < -0.3 is 29.8 Å². The number of nitrogens with zero attached hydrogens (tertiary/aromatic N) is 4. The lowest BCUT2D eigenvalue weighted by Crippen LogP contribution is -2.49. The fourth-order valence-electron chi connectivity index (χ4n) is 5.47. The number of esters is 1. The summed E-state index contributed by atoms with van der Waals surface area (Å²) in [5, 5.41) is 22.0. The summed E-state index contributed by atoms with van der Waals surface area (Å²) in [4.78, 5) is 31.5. The molecule has 12 nitrogen and oxygen atoms in total. The number of carbonyl (C=O) groups excluding carboxylic acids is 2. The third-order valence-electron chi connectivity index (χ3n) is 7.81. The molecular weight excluding hydrogens is 586 g/mol. The summed E-state index contributed by atoms with van der Waals surface area (Å²) >= 11 is 0. The number of para-hydroxylation sites is 1. The normalized spacial score (nSPS) is 15.1. The van der Waals surface area contributed by atoms with Crippen molar-refractivity contribution in [1.29, 1.82) is 5.26 Å². The lowest BCUT2D eigenvalue weighted by Gasteiger charge is -2.27. The van der Waals surface area contributed by atoms with Crippen molar-refractivity contribution in [2.24, 2.45) is 0 Å². The Morgan fingerprint density at radius 1 is 1.13 bits per heavy atom. The number of ether oxygens (including phenoxy) is 3. The van der Waals surface area contributed by atoms with Crippen LogP contribution in [0, 0.1) is 11.3 Å². The van der Waals surface area contributed by atoms with E-state index in [9.17, 15) is 14.9 Å². The maximum Gasteiger partial charge on any atom is 0.407 e. The minimum atomic E-state index is -0.932. The van der Waals surface area contributed by atoms with E-state index in [0.29, 0.717) is 12.1 Å². The Hall–Kier alpha value is -4.86. The number of aromatic amines is 1. The standard InChI is InChI=1S/C34H41N7O5/c1-34(2,3)46-33(43)39-30(18-24-20-36-28-8-6-5-7-26(24)28)31(19-35)38-29-10-9-23(17-27(29)32(42)44-4)25-21-37-41(22-25)12-11-40-13-15-45-16-14-40/h5-10,17,20-22,30-31,36,38H,11-16,18H2,1-4H3,(H,39,43)/t30-,31?/m0/s1. The lowest BCUT2D eigenvalue weighted by atomic mass is 9.98. The number of benzene rings is 2. The molecule has 0 bridgehead atoms. The van der Waals surface area contributed by atoms with Gasteiger partial charge in [0.15, 0.2) is 0 Å². The number of morpholine rings is 1. The van der Waals surface area contributed by atoms with Crippen LogP contribution in [0.5, 0.6) is 0 Å². The molecule has 0 saturated carbocycles. The second-order valence-corrected chi connectivity index (χ2v) is 12.3. The van der Waals surface area contributed by atoms with E-state index in [-0.39, 0.29) is 5.56 Å². The molecule has 4 aromatic rings. The number of carbonyl (C=O) groups is 2. The fraction of sp³-hybridized carbons (Fsp3) is 0.412. The first-order chi connectivity index (χ1) is 22.1. The van der Waals surface area contributed by atoms with Crippen LogP contribution in [0.15, 0.2) is 61.1 Å². The fourth-order valence-corrected chi connectivity index (χ4v) is 5.47. The van der Waals surface area contributed by atoms with E-state index in [1.54, 1.807) is 39.1 Å². The van der Waals surface area contributed by atoms with Crippen LogP contribution in [0.4, 0.5) is 10.5 Å². The van der Waals surface area contributed by atoms with Crippen molar-refractivity contribution in [3.63, 3.8) is 0 Å². The van der Waals surface area contributed by atoms with Crippen molar-refractivity contribution < 1.29 is 23.8 Å². The average molecular weight is 628 g/mol. The van der Waals surface area contributed by atoms with Crippen molar-refractivity contribution in [1.82, 2.24) is 25.0 Å². The smallest absolute Gasteiger partial charge is 0.407 e. The summed E-state index contributed by atoms with van der Waals surface area (Å²) in [6, 6.07) is 13.8. The first-order valence-electron chi connectivity index (χ1n) is 15.4. The highest BCUT2D eigenvalue weighted by molar-refractivity contribution is 5.97. The molecule has 2 atom stereocenters. The van der Waals surface area contributed by atoms with Crippen molar-refractivity contribution >= 4 is 28.7 Å². The predicted octanol–water partition coefficient (Wildman–Crippen LogP) is 4.59. The van der Waals surface area contributed by atoms with Crippen LogP contribution in [-0.4, -0.2) is 89.4 Å². The summed E-state index contributed by atoms with van der Waals surface area (Å²) in [5.41, 5.74) is 3.42. The minimum Gasteiger partial charge on any atom is -0.465 e. The zero-order valence-electron chi connectivity index (χ0n) is 26.7. The van der Waals surface area contributed by atoms with Crippen LogP contribution < -0.4 is 10.6 Å². The molecule has 12 heteroatoms. The van der Waals surface area contributed by atoms with Crippen molar-refractivity contribution in [2.45, 2.75) is 51.4 Å². The van der Waals surface area contributed by atoms with E-state index < -0.39 is 29.7 Å². The highest BCUT2D eigenvalue weighted by Gasteiger charge is 2.29. The number of methoxy groups -OCH3 is 1. The number of nitriles is 1. The molecule has 1 amide bonds. The second-order valence-electron chi connectivity index (χ2n) is 12.3. The second kappa shape index (κ2) is 14.5. The van der Waals surface area contributed by atoms with Gasteiger partial charge in [-0.25, -0.2) is 9.59 Å². The number of rotatable bonds is 11. The summed E-state index contributed by atoms with van der Waals surface area (Å²) in [6.45, 7) is 10.2. The van der Waals surface area contributed by atoms with Gasteiger partial charge in [-0.05, 0) is 56.5 Å². The zero-order valence-corrected chi connectivity index (χ0v) is 26.7. The molecule has 2 aromatic heterocycles. The summed E-state index contributed by atoms with van der Waals surface area (Å²) in [5.74, 6) is -0.561. The predicted molar refractivity (Wildman–Crippen MR) is 174 cm³/mol. The van der Waals surface area contributed by atoms with Gasteiger partial charge in [-0.1, -0.05) is 24.3 Å². The third-order valence-corrected chi connectivity index (χ3v) is 7.81. The average Bonchev–Trinajstić information content (AvgIpc) is 3.69. The number of anilines is 1. The number of aromatic nitrogens is 3. The topological polar surface area (TPSA) is 147 Å². The van der Waals surface area contributed by atoms with E-state index in [0.717, 1.165) is 67.0 Å². The molecule has 0 spiro atoms. The number of hydrogen-bond acceptors (Lipinski definition) is 9. The zero-order chi connectivity index (χ0) is 32.7. The van der Waals surface area contributed by atoms with Gasteiger partial charge in [0.05, 0.1) is 50.7 Å². The maximum atomic E-state index is 13.0. The Balaban J connectivity index is 1.38. The molecule has 1 aliphatic heterocycles. The molecule has 1 fully saturated rings. The molecule has 0 aliphatic carbocycles. The first-order valence-corrected chi connectivity index (χ1v) is 15.4. The van der Waals surface area contributed by atoms with Crippen LogP contribution in [0.2, 0.25) is 0 Å². The molecule has 1 aliphatic rings. The third kappa shape index (κ3) is 8.24. The minimum absolute atomic E-state index is 0.254. The van der Waals surface area contributed by atoms with Crippen LogP contribution in [0.25, 0.3) is 22.0 Å². The highest BCUT2D eigenvalue weighted by atomic mass is 16.6. The molecule has 3 N–H and O–H groups in total. The highest BCUT2D eigenvalue weighted by Crippen LogP contribution is 2.28. The molecule has 2 aromatic carbocycles. The Morgan fingerprint density at radius 3 is 2.65 bits per heavy atom. The van der Waals surface area contributed by atoms with Gasteiger partial charge >= 0.3 is 12.1 Å². The molecule has 1 saturated heterocycles. The van der Waals surface area contributed by atoms with Gasteiger partial charge in [-0.2, -0.15) is 10.4 Å². The Morgan fingerprint density at radius 2 is 1.91 bits per heavy atom. The van der Waals surface area contributed by atoms with Gasteiger partial charge in [-0.15, -0.1) is 0 Å². The summed E-state index contributed by atoms with van der Waals surface area (Å²) < 4.78 is 18.0. The van der Waals surface area contributed by atoms with Crippen molar-refractivity contribution in [2.75, 3.05) is 45.3 Å². The number of fused-ring (bicyclic) bond motifs is 1. The van der Waals surface area contributed by atoms with E-state index in [1.165, 1.54) is 7.11 Å². The molecule has 1 unspecified atom stereocenters. The van der Waals surface area contributed by atoms with E-state index >= 15 is 0 Å². The monoisotopic (exact) mass is 627 g/mol. The van der Waals surface area contributed by atoms with E-state index in [4.69, 9.17) is 14.2 Å². The number of alkyl carbamates (subject to hydrolysis) is 1. The molecular formula is C34H41N7O5. The van der Waals surface area contributed by atoms with Gasteiger partial charge in [0.25, 0.3) is 0 Å². The Labute approximate surface area is 268 Å². The van der Waals surface area contributed by atoms with Crippen molar-refractivity contribution in [3.05, 3.63) is 72.2 Å². The summed E-state index contributed by atoms with van der Waals surface area (Å²) in [6.07, 6.45) is 5.27. The lowest BCUT2D eigenvalue weighted by molar-refractivity contribution is 0.0359. The molecule has 46 heavy (non-hydrogen) atoms. The number of H-pyrrole nitrogens is 1. The van der Waals surface area contributed by atoms with Gasteiger partial charge in [0.2, 0.25) is 0 Å². The quantitative estimate of drug-likeness (QED) is 0.203. The van der Waals surface area contributed by atoms with E-state index in [2.05, 4.69) is 31.7 Å². The Bertz CT molecular complexity index is 1690. The number of hydrogen-bond donors (Lipinski definition) is 3. The SMILES string of the molecule is COC(=O)c1cc(-c2cnn(CCN3CCOCC3)c2)ccc1NC(C#N)[C@H](Cc1c[nH]c2ccccc12)NC(=O)OC(C)(C)C. The van der Waals surface area contributed by atoms with Gasteiger partial charge in [0.1, 0.15) is 11.6 Å². The van der Waals surface area contributed by atoms with Crippen LogP contribution >= 0.6 is 0 Å². The molecule has 3 heterocycles. The maximum absolute atomic E-state index is 13.0. The van der Waals surface area contributed by atoms with Crippen molar-refractivity contribution in [3.8, 4) is 17.2 Å². The Kier molecular flexibility index (Phi) is 10.2. The van der Waals surface area contributed by atoms with Gasteiger partial charge in [-0.3, -0.25) is 9.58 Å². The summed E-state index contributed by atoms with van der Waals surface area (Å²) in [7, 11) is 1.31. The van der Waals surface area contributed by atoms with Crippen LogP contribution in [-0.2, 0) is 27.2 Å². The molecule has 0 radical (unpaired) electrons. The molecule has 242 valence electrons. The number of nitrogens with one attached hydrogen (secondary N) is 3. The first kappa shape index (κ1) is 32.5. The number of amides is 1. The van der Waals surface area contributed by atoms with Crippen LogP contribution in [0.3, 0.4) is 0 Å². The van der Waals surface area contributed by atoms with Gasteiger partial charge in [0, 0.05) is 54.2 Å². The largest absolute Gasteiger partial charge is 0.465 e. The van der Waals surface area contributed by atoms with E-state index in [1.807, 2.05) is 47.4 Å². The molecule has 5 rings (SSSR count). The van der Waals surface area contributed by atoms with Crippen LogP contribution in [0.1, 0.15) is 36.7 Å².